The summed E-state index contributed by atoms with van der Waals surface area (Å²) in [6.45, 7) is 10.8. The Kier molecular flexibility index (Phi) is 7.57. The molecule has 2 atom stereocenters. The van der Waals surface area contributed by atoms with Crippen LogP contribution in [0.4, 0.5) is 0 Å². The van der Waals surface area contributed by atoms with Gasteiger partial charge in [-0.3, -0.25) is 0 Å². The number of hydrogen-bond donors (Lipinski definition) is 1. The van der Waals surface area contributed by atoms with Gasteiger partial charge in [0.05, 0.1) is 0 Å². The zero-order valence-electron chi connectivity index (χ0n) is 12.9. The topological polar surface area (TPSA) is 21.3 Å². The first-order valence-corrected chi connectivity index (χ1v) is 7.64. The van der Waals surface area contributed by atoms with Gasteiger partial charge in [-0.15, -0.1) is 0 Å². The van der Waals surface area contributed by atoms with Gasteiger partial charge in [-0.25, -0.2) is 0 Å². The maximum atomic E-state index is 5.90. The highest BCUT2D eigenvalue weighted by Crippen LogP contribution is 2.21. The predicted molar refractivity (Wildman–Crippen MR) is 83.0 cm³/mol. The van der Waals surface area contributed by atoms with E-state index in [1.807, 2.05) is 0 Å². The smallest absolute Gasteiger partial charge is 0.119 e. The number of unbranched alkanes of at least 4 members (excludes halogenated alkanes) is 1. The van der Waals surface area contributed by atoms with E-state index in [1.165, 1.54) is 24.8 Å². The van der Waals surface area contributed by atoms with Gasteiger partial charge in [0.25, 0.3) is 0 Å². The van der Waals surface area contributed by atoms with Gasteiger partial charge in [-0.05, 0) is 49.9 Å². The van der Waals surface area contributed by atoms with E-state index in [9.17, 15) is 0 Å². The molecule has 0 saturated carbocycles. The molecule has 0 aliphatic carbocycles. The molecular formula is C17H29NO. The normalized spacial score (nSPS) is 14.1. The van der Waals surface area contributed by atoms with Crippen LogP contribution < -0.4 is 10.1 Å². The van der Waals surface area contributed by atoms with E-state index in [1.54, 1.807) is 0 Å². The number of nitrogens with one attached hydrogen (secondary N) is 1. The molecule has 0 heterocycles. The van der Waals surface area contributed by atoms with Crippen LogP contribution in [0.1, 0.15) is 58.4 Å². The zero-order valence-corrected chi connectivity index (χ0v) is 12.9. The summed E-state index contributed by atoms with van der Waals surface area (Å²) >= 11 is 0. The molecule has 2 unspecified atom stereocenters. The van der Waals surface area contributed by atoms with Crippen molar-refractivity contribution in [3.63, 3.8) is 0 Å². The van der Waals surface area contributed by atoms with Gasteiger partial charge >= 0.3 is 0 Å². The molecule has 0 amide bonds. The van der Waals surface area contributed by atoms with E-state index in [4.69, 9.17) is 4.74 Å². The third-order valence-electron chi connectivity index (χ3n) is 3.54. The second-order valence-corrected chi connectivity index (χ2v) is 5.36. The van der Waals surface area contributed by atoms with E-state index >= 15 is 0 Å². The minimum atomic E-state index is 0.214. The largest absolute Gasteiger partial charge is 0.489 e. The fourth-order valence-corrected chi connectivity index (χ4v) is 1.99. The third kappa shape index (κ3) is 6.11. The number of rotatable bonds is 9. The first kappa shape index (κ1) is 16.0. The molecule has 0 radical (unpaired) electrons. The Hall–Kier alpha value is -1.02. The average Bonchev–Trinajstić information content (AvgIpc) is 2.43. The molecular weight excluding hydrogens is 234 g/mol. The van der Waals surface area contributed by atoms with Crippen molar-refractivity contribution >= 4 is 0 Å². The highest BCUT2D eigenvalue weighted by molar-refractivity contribution is 5.29. The van der Waals surface area contributed by atoms with Crippen molar-refractivity contribution in [3.05, 3.63) is 29.8 Å². The first-order valence-electron chi connectivity index (χ1n) is 7.64. The SMILES string of the molecule is CCCCNCC(C)Oc1ccc(C(C)CC)cc1. The molecule has 2 nitrogen and oxygen atoms in total. The summed E-state index contributed by atoms with van der Waals surface area (Å²) < 4.78 is 5.90. The van der Waals surface area contributed by atoms with Crippen molar-refractivity contribution in [2.24, 2.45) is 0 Å². The summed E-state index contributed by atoms with van der Waals surface area (Å²) in [6.07, 6.45) is 3.86. The summed E-state index contributed by atoms with van der Waals surface area (Å²) in [7, 11) is 0. The second kappa shape index (κ2) is 8.98. The summed E-state index contributed by atoms with van der Waals surface area (Å²) in [4.78, 5) is 0. The van der Waals surface area contributed by atoms with Crippen LogP contribution in [0.15, 0.2) is 24.3 Å². The van der Waals surface area contributed by atoms with Crippen molar-refractivity contribution in [1.29, 1.82) is 0 Å². The molecule has 1 N–H and O–H groups in total. The number of hydrogen-bond acceptors (Lipinski definition) is 2. The minimum absolute atomic E-state index is 0.214. The van der Waals surface area contributed by atoms with E-state index in [0.717, 1.165) is 18.8 Å². The molecule has 0 spiro atoms. The third-order valence-corrected chi connectivity index (χ3v) is 3.54. The molecule has 0 fully saturated rings. The van der Waals surface area contributed by atoms with Crippen LogP contribution in [0.5, 0.6) is 5.75 Å². The molecule has 0 bridgehead atoms. The summed E-state index contributed by atoms with van der Waals surface area (Å²) in [6, 6.07) is 8.54. The lowest BCUT2D eigenvalue weighted by Crippen LogP contribution is -2.29. The minimum Gasteiger partial charge on any atom is -0.489 e. The monoisotopic (exact) mass is 263 g/mol. The lowest BCUT2D eigenvalue weighted by atomic mass is 9.99. The molecule has 1 aromatic rings. The molecule has 0 aliphatic rings. The van der Waals surface area contributed by atoms with Crippen molar-refractivity contribution in [2.75, 3.05) is 13.1 Å². The Morgan fingerprint density at radius 3 is 2.37 bits per heavy atom. The van der Waals surface area contributed by atoms with Crippen molar-refractivity contribution in [3.8, 4) is 5.75 Å². The maximum Gasteiger partial charge on any atom is 0.119 e. The fraction of sp³-hybridized carbons (Fsp3) is 0.647. The summed E-state index contributed by atoms with van der Waals surface area (Å²) in [5.41, 5.74) is 1.39. The average molecular weight is 263 g/mol. The van der Waals surface area contributed by atoms with E-state index in [0.29, 0.717) is 5.92 Å². The molecule has 1 rings (SSSR count). The van der Waals surface area contributed by atoms with E-state index in [-0.39, 0.29) is 6.10 Å². The van der Waals surface area contributed by atoms with Gasteiger partial charge in [0, 0.05) is 6.54 Å². The first-order chi connectivity index (χ1) is 9.17. The Morgan fingerprint density at radius 1 is 1.11 bits per heavy atom. The van der Waals surface area contributed by atoms with E-state index in [2.05, 4.69) is 57.3 Å². The van der Waals surface area contributed by atoms with Gasteiger partial charge in [-0.1, -0.05) is 39.3 Å². The highest BCUT2D eigenvalue weighted by atomic mass is 16.5. The second-order valence-electron chi connectivity index (χ2n) is 5.36. The molecule has 2 heteroatoms. The van der Waals surface area contributed by atoms with Crippen LogP contribution >= 0.6 is 0 Å². The molecule has 0 aromatic heterocycles. The summed E-state index contributed by atoms with van der Waals surface area (Å²) in [5.74, 6) is 1.60. The maximum absolute atomic E-state index is 5.90. The van der Waals surface area contributed by atoms with Crippen LogP contribution in [-0.4, -0.2) is 19.2 Å². The van der Waals surface area contributed by atoms with Crippen molar-refractivity contribution in [2.45, 2.75) is 59.0 Å². The van der Waals surface area contributed by atoms with Crippen LogP contribution in [0.25, 0.3) is 0 Å². The Bertz CT molecular complexity index is 334. The lowest BCUT2D eigenvalue weighted by molar-refractivity contribution is 0.217. The quantitative estimate of drug-likeness (QED) is 0.668. The Morgan fingerprint density at radius 2 is 1.79 bits per heavy atom. The molecule has 19 heavy (non-hydrogen) atoms. The molecule has 1 aromatic carbocycles. The number of ether oxygens (including phenoxy) is 1. The molecule has 108 valence electrons. The zero-order chi connectivity index (χ0) is 14.1. The van der Waals surface area contributed by atoms with Crippen molar-refractivity contribution < 1.29 is 4.74 Å². The van der Waals surface area contributed by atoms with Gasteiger partial charge in [0.1, 0.15) is 11.9 Å². The standard InChI is InChI=1S/C17H29NO/c1-5-7-12-18-13-15(4)19-17-10-8-16(9-11-17)14(3)6-2/h8-11,14-15,18H,5-7,12-13H2,1-4H3. The van der Waals surface area contributed by atoms with Gasteiger partial charge in [0.2, 0.25) is 0 Å². The van der Waals surface area contributed by atoms with Gasteiger partial charge in [-0.2, -0.15) is 0 Å². The number of benzene rings is 1. The fourth-order valence-electron chi connectivity index (χ4n) is 1.99. The van der Waals surface area contributed by atoms with Crippen LogP contribution in [0.2, 0.25) is 0 Å². The van der Waals surface area contributed by atoms with Gasteiger partial charge < -0.3 is 10.1 Å². The van der Waals surface area contributed by atoms with Gasteiger partial charge in [0.15, 0.2) is 0 Å². The highest BCUT2D eigenvalue weighted by Gasteiger charge is 2.05. The van der Waals surface area contributed by atoms with Crippen LogP contribution in [0.3, 0.4) is 0 Å². The predicted octanol–water partition coefficient (Wildman–Crippen LogP) is 4.36. The summed E-state index contributed by atoms with van der Waals surface area (Å²) in [5, 5.41) is 3.42. The Balaban J connectivity index is 2.36. The molecule has 0 saturated heterocycles. The Labute approximate surface area is 118 Å². The van der Waals surface area contributed by atoms with E-state index < -0.39 is 0 Å². The van der Waals surface area contributed by atoms with Crippen LogP contribution in [0, 0.1) is 0 Å². The van der Waals surface area contributed by atoms with Crippen molar-refractivity contribution in [1.82, 2.24) is 5.32 Å². The molecule has 0 aliphatic heterocycles. The lowest BCUT2D eigenvalue weighted by Gasteiger charge is -2.16. The van der Waals surface area contributed by atoms with Crippen LogP contribution in [-0.2, 0) is 0 Å².